The number of hydrogen-bond donors (Lipinski definition) is 0. The van der Waals surface area contributed by atoms with E-state index in [-0.39, 0.29) is 11.7 Å². The first kappa shape index (κ1) is 23.1. The Morgan fingerprint density at radius 1 is 1.19 bits per heavy atom. The minimum atomic E-state index is -0.307. The Balaban J connectivity index is 1.73. The van der Waals surface area contributed by atoms with Crippen LogP contribution in [0.25, 0.3) is 11.0 Å². The van der Waals surface area contributed by atoms with Gasteiger partial charge in [0, 0.05) is 23.7 Å². The van der Waals surface area contributed by atoms with Crippen LogP contribution < -0.4 is 0 Å². The molecule has 1 fully saturated rings. The third-order valence-corrected chi connectivity index (χ3v) is 6.73. The molecule has 1 aliphatic rings. The third kappa shape index (κ3) is 4.94. The highest BCUT2D eigenvalue weighted by Gasteiger charge is 2.26. The first-order chi connectivity index (χ1) is 15.3. The van der Waals surface area contributed by atoms with Gasteiger partial charge >= 0.3 is 0 Å². The molecule has 0 aliphatic heterocycles. The second-order valence-corrected chi connectivity index (χ2v) is 9.85. The number of rotatable bonds is 7. The Morgan fingerprint density at radius 3 is 2.66 bits per heavy atom. The Bertz CT molecular complexity index is 1120. The highest BCUT2D eigenvalue weighted by atomic mass is 35.5. The van der Waals surface area contributed by atoms with Crippen molar-refractivity contribution in [1.82, 2.24) is 14.5 Å². The van der Waals surface area contributed by atoms with Gasteiger partial charge in [-0.05, 0) is 55.5 Å². The van der Waals surface area contributed by atoms with Gasteiger partial charge in [0.2, 0.25) is 0 Å². The number of aromatic nitrogens is 2. The van der Waals surface area contributed by atoms with Gasteiger partial charge in [0.15, 0.2) is 0 Å². The number of fused-ring (bicyclic) bond motifs is 1. The second-order valence-electron chi connectivity index (χ2n) is 9.00. The Morgan fingerprint density at radius 2 is 1.94 bits per heavy atom. The number of hydrogen-bond acceptors (Lipinski definition) is 2. The van der Waals surface area contributed by atoms with E-state index in [0.29, 0.717) is 46.2 Å². The number of halogens is 3. The number of carbonyl (C=O) groups excluding carboxylic acids is 1. The van der Waals surface area contributed by atoms with Gasteiger partial charge in [-0.3, -0.25) is 4.79 Å². The summed E-state index contributed by atoms with van der Waals surface area (Å²) in [5, 5.41) is 0.843. The van der Waals surface area contributed by atoms with Gasteiger partial charge in [-0.2, -0.15) is 0 Å². The number of amides is 1. The molecular weight excluding hydrogens is 448 g/mol. The minimum absolute atomic E-state index is 0.172. The van der Waals surface area contributed by atoms with Crippen molar-refractivity contribution in [2.45, 2.75) is 58.5 Å². The van der Waals surface area contributed by atoms with Crippen LogP contribution in [-0.4, -0.2) is 26.9 Å². The highest BCUT2D eigenvalue weighted by Crippen LogP contribution is 2.34. The van der Waals surface area contributed by atoms with Gasteiger partial charge in [-0.15, -0.1) is 0 Å². The molecule has 0 spiro atoms. The molecule has 1 heterocycles. The van der Waals surface area contributed by atoms with Crippen LogP contribution in [0.15, 0.2) is 36.4 Å². The molecule has 0 radical (unpaired) electrons. The predicted molar refractivity (Wildman–Crippen MR) is 128 cm³/mol. The molecule has 1 aromatic heterocycles. The van der Waals surface area contributed by atoms with Crippen molar-refractivity contribution < 1.29 is 9.18 Å². The lowest BCUT2D eigenvalue weighted by molar-refractivity contribution is 0.0728. The topological polar surface area (TPSA) is 38.1 Å². The molecule has 0 bridgehead atoms. The van der Waals surface area contributed by atoms with Crippen molar-refractivity contribution >= 4 is 40.1 Å². The normalized spacial score (nSPS) is 14.6. The van der Waals surface area contributed by atoms with Gasteiger partial charge in [0.25, 0.3) is 5.91 Å². The zero-order valence-corrected chi connectivity index (χ0v) is 20.0. The summed E-state index contributed by atoms with van der Waals surface area (Å²) in [6.07, 6.45) is 5.31. The quantitative estimate of drug-likeness (QED) is 0.359. The van der Waals surface area contributed by atoms with E-state index in [4.69, 9.17) is 28.2 Å². The smallest absolute Gasteiger partial charge is 0.255 e. The van der Waals surface area contributed by atoms with Crippen LogP contribution in [0.2, 0.25) is 10.0 Å². The molecule has 1 aliphatic carbocycles. The van der Waals surface area contributed by atoms with E-state index in [0.717, 1.165) is 30.6 Å². The van der Waals surface area contributed by atoms with Gasteiger partial charge in [-0.1, -0.05) is 49.9 Å². The van der Waals surface area contributed by atoms with E-state index in [1.807, 2.05) is 0 Å². The van der Waals surface area contributed by atoms with Crippen molar-refractivity contribution in [2.24, 2.45) is 5.92 Å². The minimum Gasteiger partial charge on any atom is -0.331 e. The van der Waals surface area contributed by atoms with E-state index in [1.54, 1.807) is 29.2 Å². The van der Waals surface area contributed by atoms with Gasteiger partial charge in [0.05, 0.1) is 28.2 Å². The van der Waals surface area contributed by atoms with Crippen LogP contribution in [-0.2, 0) is 6.54 Å². The summed E-state index contributed by atoms with van der Waals surface area (Å²) in [5.41, 5.74) is 1.94. The lowest BCUT2D eigenvalue weighted by Crippen LogP contribution is -2.33. The first-order valence-electron chi connectivity index (χ1n) is 11.2. The number of imidazole rings is 1. The fraction of sp³-hybridized carbons (Fsp3) is 0.440. The summed E-state index contributed by atoms with van der Waals surface area (Å²) >= 11 is 12.5. The largest absolute Gasteiger partial charge is 0.331 e. The molecular formula is C25H28Cl2FN3O. The van der Waals surface area contributed by atoms with Crippen LogP contribution in [0, 0.1) is 11.7 Å². The SMILES string of the molecule is CC(C)CCN(Cc1nc2cc(F)ccc2n1C1CCCC1)C(=O)c1cc(Cl)ccc1Cl. The molecule has 4 rings (SSSR count). The average molecular weight is 476 g/mol. The fourth-order valence-electron chi connectivity index (χ4n) is 4.47. The Kier molecular flexibility index (Phi) is 7.06. The van der Waals surface area contributed by atoms with Crippen LogP contribution >= 0.6 is 23.2 Å². The maximum atomic E-state index is 13.9. The van der Waals surface area contributed by atoms with Crippen LogP contribution in [0.5, 0.6) is 0 Å². The zero-order chi connectivity index (χ0) is 22.8. The lowest BCUT2D eigenvalue weighted by atomic mass is 10.1. The maximum Gasteiger partial charge on any atom is 0.255 e. The van der Waals surface area contributed by atoms with Crippen molar-refractivity contribution in [3.05, 3.63) is 63.6 Å². The standard InChI is InChI=1S/C25H28Cl2FN3O/c1-16(2)11-12-30(25(32)20-13-17(26)7-9-21(20)27)15-24-29-22-14-18(28)8-10-23(22)31(24)19-5-3-4-6-19/h7-10,13-14,16,19H,3-6,11-12,15H2,1-2H3. The van der Waals surface area contributed by atoms with Crippen LogP contribution in [0.1, 0.15) is 68.2 Å². The maximum absolute atomic E-state index is 13.9. The Labute approximate surface area is 198 Å². The monoisotopic (exact) mass is 475 g/mol. The van der Waals surface area contributed by atoms with Crippen LogP contribution in [0.3, 0.4) is 0 Å². The Hall–Kier alpha value is -2.11. The molecule has 0 atom stereocenters. The molecule has 1 saturated carbocycles. The van der Waals surface area contributed by atoms with E-state index in [1.165, 1.54) is 25.0 Å². The van der Waals surface area contributed by atoms with Gasteiger partial charge in [-0.25, -0.2) is 9.37 Å². The molecule has 7 heteroatoms. The van der Waals surface area contributed by atoms with E-state index in [2.05, 4.69) is 18.4 Å². The average Bonchev–Trinajstić information content (AvgIpc) is 3.39. The highest BCUT2D eigenvalue weighted by molar-refractivity contribution is 6.35. The molecule has 3 aromatic rings. The molecule has 0 N–H and O–H groups in total. The zero-order valence-electron chi connectivity index (χ0n) is 18.5. The summed E-state index contributed by atoms with van der Waals surface area (Å²) in [6.45, 7) is 5.17. The first-order valence-corrected chi connectivity index (χ1v) is 12.0. The third-order valence-electron chi connectivity index (χ3n) is 6.17. The fourth-order valence-corrected chi connectivity index (χ4v) is 4.84. The summed E-state index contributed by atoms with van der Waals surface area (Å²) in [6, 6.07) is 10.0. The van der Waals surface area contributed by atoms with E-state index in [9.17, 15) is 9.18 Å². The second kappa shape index (κ2) is 9.80. The summed E-state index contributed by atoms with van der Waals surface area (Å²) in [5.74, 6) is 0.739. The molecule has 32 heavy (non-hydrogen) atoms. The molecule has 0 saturated heterocycles. The van der Waals surface area contributed by atoms with Crippen molar-refractivity contribution in [3.63, 3.8) is 0 Å². The molecule has 0 unspecified atom stereocenters. The molecule has 170 valence electrons. The molecule has 1 amide bonds. The van der Waals surface area contributed by atoms with Gasteiger partial charge in [0.1, 0.15) is 11.6 Å². The predicted octanol–water partition coefficient (Wildman–Crippen LogP) is 7.29. The molecule has 4 nitrogen and oxygen atoms in total. The number of nitrogens with zero attached hydrogens (tertiary/aromatic N) is 3. The summed E-state index contributed by atoms with van der Waals surface area (Å²) in [7, 11) is 0. The van der Waals surface area contributed by atoms with Crippen molar-refractivity contribution in [3.8, 4) is 0 Å². The van der Waals surface area contributed by atoms with E-state index < -0.39 is 0 Å². The van der Waals surface area contributed by atoms with E-state index >= 15 is 0 Å². The van der Waals surface area contributed by atoms with Crippen molar-refractivity contribution in [2.75, 3.05) is 6.54 Å². The van der Waals surface area contributed by atoms with Gasteiger partial charge < -0.3 is 9.47 Å². The van der Waals surface area contributed by atoms with Crippen LogP contribution in [0.4, 0.5) is 4.39 Å². The lowest BCUT2D eigenvalue weighted by Gasteiger charge is -2.26. The molecule has 2 aromatic carbocycles. The number of benzene rings is 2. The summed E-state index contributed by atoms with van der Waals surface area (Å²) < 4.78 is 16.1. The summed E-state index contributed by atoms with van der Waals surface area (Å²) in [4.78, 5) is 20.1. The van der Waals surface area contributed by atoms with Crippen molar-refractivity contribution in [1.29, 1.82) is 0 Å². The number of carbonyl (C=O) groups is 1.